The fourth-order valence-corrected chi connectivity index (χ4v) is 4.73. The van der Waals surface area contributed by atoms with Gasteiger partial charge in [0.05, 0.1) is 0 Å². The lowest BCUT2D eigenvalue weighted by Gasteiger charge is -1.99. The Hall–Kier alpha value is -2.56. The third-order valence-corrected chi connectivity index (χ3v) is 6.26. The van der Waals surface area contributed by atoms with Gasteiger partial charge < -0.3 is 11.5 Å². The van der Waals surface area contributed by atoms with Gasteiger partial charge in [0.25, 0.3) is 0 Å². The summed E-state index contributed by atoms with van der Waals surface area (Å²) >= 11 is 3.58. The molecule has 0 saturated carbocycles. The highest BCUT2D eigenvalue weighted by molar-refractivity contribution is 7.25. The molecule has 0 bridgehead atoms. The minimum atomic E-state index is 0.794. The number of hydrogen-bond acceptors (Lipinski definition) is 4. The molecule has 0 fully saturated rings. The molecule has 24 heavy (non-hydrogen) atoms. The molecule has 0 amide bonds. The van der Waals surface area contributed by atoms with Crippen LogP contribution in [0.2, 0.25) is 0 Å². The van der Waals surface area contributed by atoms with Crippen LogP contribution in [-0.4, -0.2) is 0 Å². The van der Waals surface area contributed by atoms with Crippen molar-refractivity contribution in [3.63, 3.8) is 0 Å². The molecule has 4 heteroatoms. The van der Waals surface area contributed by atoms with Gasteiger partial charge in [-0.25, -0.2) is 0 Å². The normalized spacial score (nSPS) is 10.8. The van der Waals surface area contributed by atoms with Crippen LogP contribution in [0.25, 0.3) is 30.6 Å². The van der Waals surface area contributed by atoms with Crippen LogP contribution in [-0.2, 0) is 0 Å². The molecule has 2 nitrogen and oxygen atoms in total. The third kappa shape index (κ3) is 2.94. The van der Waals surface area contributed by atoms with Crippen molar-refractivity contribution in [2.75, 3.05) is 11.5 Å². The first-order valence-electron chi connectivity index (χ1n) is 7.61. The fraction of sp³-hybridized carbons (Fsp3) is 0. The smallest absolute Gasteiger partial charge is 0.0449 e. The second kappa shape index (κ2) is 6.15. The van der Waals surface area contributed by atoms with Gasteiger partial charge in [0.1, 0.15) is 0 Å². The second-order valence-electron chi connectivity index (χ2n) is 5.58. The Kier molecular flexibility index (Phi) is 3.84. The van der Waals surface area contributed by atoms with Crippen molar-refractivity contribution in [1.82, 2.24) is 0 Å². The van der Waals surface area contributed by atoms with Crippen molar-refractivity contribution in [2.24, 2.45) is 0 Å². The van der Waals surface area contributed by atoms with Gasteiger partial charge in [0.2, 0.25) is 0 Å². The van der Waals surface area contributed by atoms with E-state index in [4.69, 9.17) is 11.5 Å². The van der Waals surface area contributed by atoms with Crippen molar-refractivity contribution in [3.05, 3.63) is 72.8 Å². The van der Waals surface area contributed by atoms with Crippen LogP contribution in [0.15, 0.2) is 72.8 Å². The average Bonchev–Trinajstić information content (AvgIpc) is 3.24. The Morgan fingerprint density at radius 1 is 0.500 bits per heavy atom. The summed E-state index contributed by atoms with van der Waals surface area (Å²) in [6.07, 6.45) is 0. The maximum atomic E-state index is 5.89. The minimum absolute atomic E-state index is 0.794. The van der Waals surface area contributed by atoms with Gasteiger partial charge in [-0.15, -0.1) is 22.7 Å². The summed E-state index contributed by atoms with van der Waals surface area (Å²) in [4.78, 5) is 5.01. The standard InChI is InChI=1S/C20H16N2S2/c21-15-5-1-3-13(11-15)17-7-9-19(23-17)20-10-8-18(24-20)14-4-2-6-16(22)12-14/h1-12H,21-22H2. The first-order chi connectivity index (χ1) is 11.7. The molecule has 0 saturated heterocycles. The van der Waals surface area contributed by atoms with E-state index in [9.17, 15) is 0 Å². The van der Waals surface area contributed by atoms with E-state index in [1.54, 1.807) is 22.7 Å². The number of anilines is 2. The molecule has 0 aliphatic heterocycles. The van der Waals surface area contributed by atoms with Gasteiger partial charge in [0.15, 0.2) is 0 Å². The van der Waals surface area contributed by atoms with Crippen molar-refractivity contribution in [1.29, 1.82) is 0 Å². The van der Waals surface area contributed by atoms with Gasteiger partial charge >= 0.3 is 0 Å². The molecular formula is C20H16N2S2. The van der Waals surface area contributed by atoms with Crippen molar-refractivity contribution in [2.45, 2.75) is 0 Å². The molecule has 2 aromatic carbocycles. The van der Waals surface area contributed by atoms with Crippen LogP contribution >= 0.6 is 22.7 Å². The monoisotopic (exact) mass is 348 g/mol. The van der Waals surface area contributed by atoms with Crippen LogP contribution in [0.4, 0.5) is 11.4 Å². The van der Waals surface area contributed by atoms with E-state index in [-0.39, 0.29) is 0 Å². The maximum Gasteiger partial charge on any atom is 0.0449 e. The first kappa shape index (κ1) is 15.0. The SMILES string of the molecule is Nc1cccc(-c2ccc(-c3ccc(-c4cccc(N)c4)s3)s2)c1. The van der Waals surface area contributed by atoms with Gasteiger partial charge in [-0.2, -0.15) is 0 Å². The lowest BCUT2D eigenvalue weighted by molar-refractivity contribution is 1.68. The summed E-state index contributed by atoms with van der Waals surface area (Å²) in [7, 11) is 0. The Bertz CT molecular complexity index is 916. The predicted octanol–water partition coefficient (Wildman–Crippen LogP) is 5.98. The Morgan fingerprint density at radius 3 is 1.33 bits per heavy atom. The molecule has 0 atom stereocenters. The Morgan fingerprint density at radius 2 is 0.917 bits per heavy atom. The predicted molar refractivity (Wildman–Crippen MR) is 107 cm³/mol. The Labute approximate surface area is 149 Å². The van der Waals surface area contributed by atoms with E-state index >= 15 is 0 Å². The maximum absolute atomic E-state index is 5.89. The van der Waals surface area contributed by atoms with Gasteiger partial charge in [0, 0.05) is 30.9 Å². The molecule has 4 rings (SSSR count). The highest BCUT2D eigenvalue weighted by Crippen LogP contribution is 2.40. The lowest BCUT2D eigenvalue weighted by Crippen LogP contribution is -1.83. The molecule has 2 aromatic heterocycles. The number of nitrogen functional groups attached to an aromatic ring is 2. The number of rotatable bonds is 3. The first-order valence-corrected chi connectivity index (χ1v) is 9.24. The van der Waals surface area contributed by atoms with E-state index in [1.807, 2.05) is 36.4 Å². The highest BCUT2D eigenvalue weighted by atomic mass is 32.1. The molecule has 118 valence electrons. The molecule has 0 aliphatic carbocycles. The van der Waals surface area contributed by atoms with Crippen LogP contribution < -0.4 is 11.5 Å². The van der Waals surface area contributed by atoms with Gasteiger partial charge in [-0.3, -0.25) is 0 Å². The molecular weight excluding hydrogens is 332 g/mol. The van der Waals surface area contributed by atoms with Crippen LogP contribution in [0.1, 0.15) is 0 Å². The summed E-state index contributed by atoms with van der Waals surface area (Å²) in [5.74, 6) is 0. The average molecular weight is 348 g/mol. The quantitative estimate of drug-likeness (QED) is 0.448. The van der Waals surface area contributed by atoms with Gasteiger partial charge in [-0.1, -0.05) is 24.3 Å². The van der Waals surface area contributed by atoms with E-state index in [1.165, 1.54) is 30.6 Å². The summed E-state index contributed by atoms with van der Waals surface area (Å²) in [5.41, 5.74) is 15.7. The van der Waals surface area contributed by atoms with Crippen molar-refractivity contribution in [3.8, 4) is 30.6 Å². The van der Waals surface area contributed by atoms with Gasteiger partial charge in [-0.05, 0) is 59.7 Å². The van der Waals surface area contributed by atoms with Crippen molar-refractivity contribution < 1.29 is 0 Å². The van der Waals surface area contributed by atoms with E-state index in [0.717, 1.165) is 11.4 Å². The van der Waals surface area contributed by atoms with Crippen molar-refractivity contribution >= 4 is 34.0 Å². The molecule has 4 aromatic rings. The molecule has 0 unspecified atom stereocenters. The Balaban J connectivity index is 1.66. The lowest BCUT2D eigenvalue weighted by atomic mass is 10.1. The van der Waals surface area contributed by atoms with Crippen LogP contribution in [0.5, 0.6) is 0 Å². The zero-order valence-electron chi connectivity index (χ0n) is 12.9. The number of hydrogen-bond donors (Lipinski definition) is 2. The molecule has 0 aliphatic rings. The molecule has 0 radical (unpaired) electrons. The third-order valence-electron chi connectivity index (χ3n) is 3.80. The second-order valence-corrected chi connectivity index (χ2v) is 7.75. The zero-order valence-corrected chi connectivity index (χ0v) is 14.5. The molecule has 4 N–H and O–H groups in total. The van der Waals surface area contributed by atoms with E-state index in [0.29, 0.717) is 0 Å². The fourth-order valence-electron chi connectivity index (χ4n) is 2.63. The zero-order chi connectivity index (χ0) is 16.5. The summed E-state index contributed by atoms with van der Waals surface area (Å²) in [6, 6.07) is 24.7. The minimum Gasteiger partial charge on any atom is -0.399 e. The largest absolute Gasteiger partial charge is 0.399 e. The number of benzene rings is 2. The number of thiophene rings is 2. The molecule has 2 heterocycles. The highest BCUT2D eigenvalue weighted by Gasteiger charge is 2.09. The summed E-state index contributed by atoms with van der Waals surface area (Å²) in [5, 5.41) is 0. The molecule has 0 spiro atoms. The van der Waals surface area contributed by atoms with E-state index < -0.39 is 0 Å². The van der Waals surface area contributed by atoms with Crippen LogP contribution in [0.3, 0.4) is 0 Å². The topological polar surface area (TPSA) is 52.0 Å². The van der Waals surface area contributed by atoms with Crippen LogP contribution in [0, 0.1) is 0 Å². The summed E-state index contributed by atoms with van der Waals surface area (Å²) in [6.45, 7) is 0. The number of nitrogens with two attached hydrogens (primary N) is 2. The van der Waals surface area contributed by atoms with E-state index in [2.05, 4.69) is 36.4 Å². The summed E-state index contributed by atoms with van der Waals surface area (Å²) < 4.78 is 0.